The summed E-state index contributed by atoms with van der Waals surface area (Å²) in [5, 5.41) is 30.5. The van der Waals surface area contributed by atoms with E-state index in [1.54, 1.807) is 25.3 Å². The molecule has 0 aliphatic carbocycles. The van der Waals surface area contributed by atoms with Gasteiger partial charge in [0, 0.05) is 23.5 Å². The van der Waals surface area contributed by atoms with Crippen LogP contribution in [0.1, 0.15) is 16.8 Å². The van der Waals surface area contributed by atoms with Crippen LogP contribution in [0.2, 0.25) is 0 Å². The number of hydrogen-bond donors (Lipinski definition) is 3. The van der Waals surface area contributed by atoms with Crippen LogP contribution in [0, 0.1) is 6.92 Å². The third kappa shape index (κ3) is 3.02. The number of rotatable bonds is 4. The lowest BCUT2D eigenvalue weighted by molar-refractivity contribution is 0.280. The van der Waals surface area contributed by atoms with Crippen LogP contribution in [0.4, 0.5) is 5.82 Å². The molecule has 7 nitrogen and oxygen atoms in total. The van der Waals surface area contributed by atoms with Crippen molar-refractivity contribution in [1.29, 1.82) is 0 Å². The molecule has 0 spiro atoms. The first kappa shape index (κ1) is 12.9. The zero-order valence-corrected chi connectivity index (χ0v) is 10.3. The van der Waals surface area contributed by atoms with E-state index in [0.717, 1.165) is 0 Å². The number of nitrogens with zero attached hydrogens (tertiary/aromatic N) is 4. The van der Waals surface area contributed by atoms with Gasteiger partial charge in [0.2, 0.25) is 0 Å². The molecule has 98 valence electrons. The van der Waals surface area contributed by atoms with Crippen molar-refractivity contribution in [2.24, 2.45) is 5.10 Å². The molecular weight excluding hydrogens is 246 g/mol. The van der Waals surface area contributed by atoms with Crippen LogP contribution in [0.5, 0.6) is 5.75 Å². The number of aliphatic hydroxyl groups is 1. The Labute approximate surface area is 109 Å². The Kier molecular flexibility index (Phi) is 3.99. The van der Waals surface area contributed by atoms with E-state index < -0.39 is 0 Å². The summed E-state index contributed by atoms with van der Waals surface area (Å²) < 4.78 is 0. The van der Waals surface area contributed by atoms with E-state index >= 15 is 0 Å². The minimum absolute atomic E-state index is 0.00348. The van der Waals surface area contributed by atoms with Gasteiger partial charge in [-0.2, -0.15) is 10.2 Å². The highest BCUT2D eigenvalue weighted by molar-refractivity contribution is 5.86. The molecule has 0 aliphatic rings. The number of aryl methyl sites for hydroxylation is 1. The molecule has 0 atom stereocenters. The van der Waals surface area contributed by atoms with Gasteiger partial charge in [-0.25, -0.2) is 0 Å². The highest BCUT2D eigenvalue weighted by atomic mass is 16.3. The second-order valence-corrected chi connectivity index (χ2v) is 3.77. The molecule has 0 amide bonds. The molecule has 2 aromatic rings. The molecule has 0 unspecified atom stereocenters. The monoisotopic (exact) mass is 259 g/mol. The summed E-state index contributed by atoms with van der Waals surface area (Å²) in [5.74, 6) is 0.478. The Morgan fingerprint density at radius 2 is 2.32 bits per heavy atom. The van der Waals surface area contributed by atoms with E-state index in [0.29, 0.717) is 22.6 Å². The lowest BCUT2D eigenvalue weighted by atomic mass is 10.1. The van der Waals surface area contributed by atoms with E-state index in [9.17, 15) is 10.2 Å². The molecule has 2 heterocycles. The number of aliphatic hydroxyl groups excluding tert-OH is 1. The molecule has 0 aliphatic heterocycles. The predicted octanol–water partition coefficient (Wildman–Crippen LogP) is 0.824. The van der Waals surface area contributed by atoms with E-state index in [1.165, 1.54) is 12.4 Å². The van der Waals surface area contributed by atoms with Crippen LogP contribution in [-0.2, 0) is 6.61 Å². The summed E-state index contributed by atoms with van der Waals surface area (Å²) in [6.45, 7) is 1.44. The fraction of sp³-hybridized carbons (Fsp3) is 0.167. The SMILES string of the molecule is Cc1ncc(CO)c(/C=N/Nc2cccnn2)c1O. The largest absolute Gasteiger partial charge is 0.505 e. The van der Waals surface area contributed by atoms with E-state index in [2.05, 4.69) is 25.7 Å². The van der Waals surface area contributed by atoms with Crippen molar-refractivity contribution in [1.82, 2.24) is 15.2 Å². The topological polar surface area (TPSA) is 104 Å². The molecule has 7 heteroatoms. The van der Waals surface area contributed by atoms with Gasteiger partial charge in [-0.05, 0) is 19.1 Å². The van der Waals surface area contributed by atoms with Crippen LogP contribution in [0.3, 0.4) is 0 Å². The molecule has 3 N–H and O–H groups in total. The molecule has 2 rings (SSSR count). The van der Waals surface area contributed by atoms with Gasteiger partial charge in [-0.15, -0.1) is 5.10 Å². The lowest BCUT2D eigenvalue weighted by Crippen LogP contribution is -2.00. The summed E-state index contributed by atoms with van der Waals surface area (Å²) >= 11 is 0. The second-order valence-electron chi connectivity index (χ2n) is 3.77. The van der Waals surface area contributed by atoms with Gasteiger partial charge in [0.15, 0.2) is 5.82 Å². The summed E-state index contributed by atoms with van der Waals surface area (Å²) in [6, 6.07) is 3.42. The Bertz CT molecular complexity index is 586. The van der Waals surface area contributed by atoms with Gasteiger partial charge in [0.25, 0.3) is 0 Å². The molecule has 0 fully saturated rings. The molecule has 0 saturated heterocycles. The lowest BCUT2D eigenvalue weighted by Gasteiger charge is -2.06. The normalized spacial score (nSPS) is 10.8. The summed E-state index contributed by atoms with van der Waals surface area (Å²) in [7, 11) is 0. The Morgan fingerprint density at radius 1 is 1.47 bits per heavy atom. The Morgan fingerprint density at radius 3 is 3.00 bits per heavy atom. The fourth-order valence-corrected chi connectivity index (χ4v) is 1.45. The van der Waals surface area contributed by atoms with Crippen LogP contribution < -0.4 is 5.43 Å². The van der Waals surface area contributed by atoms with Gasteiger partial charge in [-0.1, -0.05) is 0 Å². The standard InChI is InChI=1S/C12H13N5O2/c1-8-12(19)10(9(7-18)5-13-8)6-15-17-11-3-2-4-14-16-11/h2-6,18-19H,7H2,1H3,(H,16,17)/b15-6+. The first-order chi connectivity index (χ1) is 9.22. The molecule has 19 heavy (non-hydrogen) atoms. The highest BCUT2D eigenvalue weighted by Crippen LogP contribution is 2.21. The number of pyridine rings is 1. The first-order valence-corrected chi connectivity index (χ1v) is 5.57. The number of anilines is 1. The number of nitrogens with one attached hydrogen (secondary N) is 1. The maximum Gasteiger partial charge on any atom is 0.168 e. The number of hydrogen-bond acceptors (Lipinski definition) is 7. The van der Waals surface area contributed by atoms with Crippen molar-refractivity contribution in [3.8, 4) is 5.75 Å². The van der Waals surface area contributed by atoms with Gasteiger partial charge < -0.3 is 10.2 Å². The zero-order valence-electron chi connectivity index (χ0n) is 10.3. The third-order valence-electron chi connectivity index (χ3n) is 2.47. The molecule has 0 radical (unpaired) electrons. The van der Waals surface area contributed by atoms with Crippen molar-refractivity contribution < 1.29 is 10.2 Å². The molecule has 0 saturated carbocycles. The van der Waals surface area contributed by atoms with Crippen molar-refractivity contribution in [2.45, 2.75) is 13.5 Å². The Balaban J connectivity index is 2.21. The van der Waals surface area contributed by atoms with Gasteiger partial charge >= 0.3 is 0 Å². The number of aromatic nitrogens is 3. The quantitative estimate of drug-likeness (QED) is 0.555. The molecular formula is C12H13N5O2. The van der Waals surface area contributed by atoms with Gasteiger partial charge in [0.1, 0.15) is 5.75 Å². The van der Waals surface area contributed by atoms with E-state index in [-0.39, 0.29) is 12.4 Å². The Hall–Kier alpha value is -2.54. The maximum atomic E-state index is 9.89. The first-order valence-electron chi connectivity index (χ1n) is 5.57. The summed E-state index contributed by atoms with van der Waals surface area (Å²) in [5.41, 5.74) is 4.06. The number of hydrazone groups is 1. The van der Waals surface area contributed by atoms with Crippen molar-refractivity contribution in [3.63, 3.8) is 0 Å². The summed E-state index contributed by atoms with van der Waals surface area (Å²) in [4.78, 5) is 3.96. The van der Waals surface area contributed by atoms with Gasteiger partial charge in [0.05, 0.1) is 18.5 Å². The van der Waals surface area contributed by atoms with Crippen LogP contribution in [0.15, 0.2) is 29.6 Å². The zero-order chi connectivity index (χ0) is 13.7. The van der Waals surface area contributed by atoms with Crippen molar-refractivity contribution in [2.75, 3.05) is 5.43 Å². The van der Waals surface area contributed by atoms with E-state index in [1.807, 2.05) is 0 Å². The van der Waals surface area contributed by atoms with Crippen molar-refractivity contribution >= 4 is 12.0 Å². The van der Waals surface area contributed by atoms with Crippen LogP contribution >= 0.6 is 0 Å². The molecule has 0 aromatic carbocycles. The number of aromatic hydroxyl groups is 1. The summed E-state index contributed by atoms with van der Waals surface area (Å²) in [6.07, 6.45) is 4.46. The average Bonchev–Trinajstić information content (AvgIpc) is 2.45. The van der Waals surface area contributed by atoms with Crippen LogP contribution in [0.25, 0.3) is 0 Å². The van der Waals surface area contributed by atoms with Gasteiger partial charge in [-0.3, -0.25) is 10.4 Å². The van der Waals surface area contributed by atoms with Crippen LogP contribution in [-0.4, -0.2) is 31.6 Å². The van der Waals surface area contributed by atoms with E-state index in [4.69, 9.17) is 0 Å². The molecule has 0 bridgehead atoms. The maximum absolute atomic E-state index is 9.89. The molecule has 2 aromatic heterocycles. The average molecular weight is 259 g/mol. The minimum Gasteiger partial charge on any atom is -0.505 e. The van der Waals surface area contributed by atoms with Crippen molar-refractivity contribution in [3.05, 3.63) is 41.3 Å². The third-order valence-corrected chi connectivity index (χ3v) is 2.47. The highest BCUT2D eigenvalue weighted by Gasteiger charge is 2.09. The minimum atomic E-state index is -0.229. The second kappa shape index (κ2) is 5.87. The predicted molar refractivity (Wildman–Crippen MR) is 69.8 cm³/mol. The fourth-order valence-electron chi connectivity index (χ4n) is 1.45. The smallest absolute Gasteiger partial charge is 0.168 e.